The van der Waals surface area contributed by atoms with Gasteiger partial charge in [-0.05, 0) is 70.1 Å². The van der Waals surface area contributed by atoms with E-state index in [9.17, 15) is 13.2 Å². The topological polar surface area (TPSA) is 79.0 Å². The average molecular weight is 450 g/mol. The SMILES string of the molecule is Cc1ccc(S(=O)(=O)NC2CC2)cc1C(=O)N1CCC(CN2CC(C)OC(C)C2)CC1. The van der Waals surface area contributed by atoms with Crippen molar-refractivity contribution in [3.05, 3.63) is 29.3 Å². The standard InChI is InChI=1S/C23H35N3O4S/c1-16-4-7-21(31(28,29)24-20-5-6-20)12-22(16)23(27)26-10-8-19(9-11-26)15-25-13-17(2)30-18(3)14-25/h4,7,12,17-20,24H,5-6,8-11,13-15H2,1-3H3. The van der Waals surface area contributed by atoms with Crippen molar-refractivity contribution < 1.29 is 17.9 Å². The monoisotopic (exact) mass is 449 g/mol. The summed E-state index contributed by atoms with van der Waals surface area (Å²) in [5.74, 6) is 0.519. The Kier molecular flexibility index (Phi) is 6.72. The van der Waals surface area contributed by atoms with Crippen LogP contribution in [-0.2, 0) is 14.8 Å². The Hall–Kier alpha value is -1.48. The van der Waals surface area contributed by atoms with Crippen molar-refractivity contribution in [2.45, 2.75) is 69.6 Å². The molecule has 2 unspecified atom stereocenters. The number of hydrogen-bond donors (Lipinski definition) is 1. The molecule has 2 aliphatic heterocycles. The summed E-state index contributed by atoms with van der Waals surface area (Å²) in [5, 5.41) is 0. The number of sulfonamides is 1. The van der Waals surface area contributed by atoms with Crippen molar-refractivity contribution in [2.75, 3.05) is 32.7 Å². The number of amides is 1. The van der Waals surface area contributed by atoms with Crippen molar-refractivity contribution in [3.63, 3.8) is 0 Å². The van der Waals surface area contributed by atoms with Gasteiger partial charge in [0.15, 0.2) is 0 Å². The first-order chi connectivity index (χ1) is 14.7. The minimum absolute atomic E-state index is 0.0434. The Labute approximate surface area is 186 Å². The Morgan fingerprint density at radius 2 is 1.74 bits per heavy atom. The number of ether oxygens (including phenoxy) is 1. The highest BCUT2D eigenvalue weighted by molar-refractivity contribution is 7.89. The molecular formula is C23H35N3O4S. The number of piperidine rings is 1. The fourth-order valence-electron chi connectivity index (χ4n) is 4.77. The normalized spacial score (nSPS) is 26.2. The number of morpholine rings is 1. The molecule has 31 heavy (non-hydrogen) atoms. The van der Waals surface area contributed by atoms with Crippen LogP contribution in [0.15, 0.2) is 23.1 Å². The fraction of sp³-hybridized carbons (Fsp3) is 0.696. The number of hydrogen-bond acceptors (Lipinski definition) is 5. The summed E-state index contributed by atoms with van der Waals surface area (Å²) in [4.78, 5) is 17.8. The summed E-state index contributed by atoms with van der Waals surface area (Å²) >= 11 is 0. The van der Waals surface area contributed by atoms with Gasteiger partial charge >= 0.3 is 0 Å². The third-order valence-corrected chi connectivity index (χ3v) is 8.08. The molecule has 2 heterocycles. The van der Waals surface area contributed by atoms with E-state index in [2.05, 4.69) is 23.5 Å². The second kappa shape index (κ2) is 9.17. The molecule has 0 bridgehead atoms. The van der Waals surface area contributed by atoms with E-state index in [4.69, 9.17) is 4.74 Å². The van der Waals surface area contributed by atoms with E-state index in [1.54, 1.807) is 18.2 Å². The second-order valence-electron chi connectivity index (χ2n) is 9.58. The van der Waals surface area contributed by atoms with Gasteiger partial charge in [0.1, 0.15) is 0 Å². The molecule has 8 heteroatoms. The Balaban J connectivity index is 1.36. The molecule has 0 aromatic heterocycles. The van der Waals surface area contributed by atoms with E-state index >= 15 is 0 Å². The molecule has 2 atom stereocenters. The van der Waals surface area contributed by atoms with Gasteiger partial charge in [-0.3, -0.25) is 9.69 Å². The third-order valence-electron chi connectivity index (χ3n) is 6.56. The van der Waals surface area contributed by atoms with Crippen LogP contribution in [0, 0.1) is 12.8 Å². The predicted molar refractivity (Wildman–Crippen MR) is 120 cm³/mol. The lowest BCUT2D eigenvalue weighted by molar-refractivity contribution is -0.0728. The lowest BCUT2D eigenvalue weighted by Crippen LogP contribution is -2.48. The molecule has 1 amide bonds. The first-order valence-electron chi connectivity index (χ1n) is 11.5. The Morgan fingerprint density at radius 1 is 1.10 bits per heavy atom. The van der Waals surface area contributed by atoms with Gasteiger partial charge in [-0.15, -0.1) is 0 Å². The highest BCUT2D eigenvalue weighted by atomic mass is 32.2. The molecule has 3 fully saturated rings. The zero-order valence-corrected chi connectivity index (χ0v) is 19.7. The number of carbonyl (C=O) groups is 1. The van der Waals surface area contributed by atoms with Gasteiger partial charge in [0.25, 0.3) is 5.91 Å². The Morgan fingerprint density at radius 3 is 2.35 bits per heavy atom. The van der Waals surface area contributed by atoms with Crippen LogP contribution >= 0.6 is 0 Å². The predicted octanol–water partition coefficient (Wildman–Crippen LogP) is 2.40. The fourth-order valence-corrected chi connectivity index (χ4v) is 6.11. The van der Waals surface area contributed by atoms with Crippen LogP contribution in [-0.4, -0.2) is 75.1 Å². The lowest BCUT2D eigenvalue weighted by Gasteiger charge is -2.39. The Bertz CT molecular complexity index is 897. The summed E-state index contributed by atoms with van der Waals surface area (Å²) in [5.41, 5.74) is 1.31. The number of nitrogens with zero attached hydrogens (tertiary/aromatic N) is 2. The summed E-state index contributed by atoms with van der Waals surface area (Å²) in [6.45, 7) is 10.6. The van der Waals surface area contributed by atoms with E-state index in [-0.39, 0.29) is 29.1 Å². The third kappa shape index (κ3) is 5.66. The lowest BCUT2D eigenvalue weighted by atomic mass is 9.94. The average Bonchev–Trinajstić information content (AvgIpc) is 3.51. The summed E-state index contributed by atoms with van der Waals surface area (Å²) < 4.78 is 33.7. The second-order valence-corrected chi connectivity index (χ2v) is 11.3. The van der Waals surface area contributed by atoms with Crippen molar-refractivity contribution in [1.29, 1.82) is 0 Å². The van der Waals surface area contributed by atoms with Gasteiger partial charge < -0.3 is 9.64 Å². The molecular weight excluding hydrogens is 414 g/mol. The minimum Gasteiger partial charge on any atom is -0.373 e. The quantitative estimate of drug-likeness (QED) is 0.722. The van der Waals surface area contributed by atoms with Crippen LogP contribution in [0.25, 0.3) is 0 Å². The number of likely N-dealkylation sites (tertiary alicyclic amines) is 1. The van der Waals surface area contributed by atoms with Gasteiger partial charge in [-0.25, -0.2) is 13.1 Å². The van der Waals surface area contributed by atoms with Gasteiger partial charge in [-0.2, -0.15) is 0 Å². The summed E-state index contributed by atoms with van der Waals surface area (Å²) in [6, 6.07) is 4.92. The van der Waals surface area contributed by atoms with Gasteiger partial charge in [0.05, 0.1) is 17.1 Å². The molecule has 1 saturated carbocycles. The number of carbonyl (C=O) groups excluding carboxylic acids is 1. The zero-order chi connectivity index (χ0) is 22.2. The van der Waals surface area contributed by atoms with Crippen molar-refractivity contribution in [3.8, 4) is 0 Å². The molecule has 1 aromatic rings. The molecule has 0 spiro atoms. The largest absolute Gasteiger partial charge is 0.373 e. The number of aryl methyl sites for hydroxylation is 1. The van der Waals surface area contributed by atoms with Gasteiger partial charge in [0.2, 0.25) is 10.0 Å². The zero-order valence-electron chi connectivity index (χ0n) is 18.8. The first kappa shape index (κ1) is 22.7. The smallest absolute Gasteiger partial charge is 0.254 e. The van der Waals surface area contributed by atoms with E-state index in [0.717, 1.165) is 64.0 Å². The van der Waals surface area contributed by atoms with Crippen LogP contribution in [0.3, 0.4) is 0 Å². The van der Waals surface area contributed by atoms with Crippen molar-refractivity contribution in [2.24, 2.45) is 5.92 Å². The summed E-state index contributed by atoms with van der Waals surface area (Å²) in [6.07, 6.45) is 4.26. The number of nitrogens with one attached hydrogen (secondary N) is 1. The van der Waals surface area contributed by atoms with Crippen LogP contribution in [0.2, 0.25) is 0 Å². The minimum atomic E-state index is -3.57. The molecule has 172 valence electrons. The van der Waals surface area contributed by atoms with Crippen molar-refractivity contribution in [1.82, 2.24) is 14.5 Å². The maximum atomic E-state index is 13.2. The molecule has 4 rings (SSSR count). The molecule has 0 radical (unpaired) electrons. The number of benzene rings is 1. The molecule has 1 aromatic carbocycles. The first-order valence-corrected chi connectivity index (χ1v) is 13.0. The molecule has 2 saturated heterocycles. The van der Waals surface area contributed by atoms with Crippen LogP contribution in [0.1, 0.15) is 55.5 Å². The maximum Gasteiger partial charge on any atom is 0.254 e. The van der Waals surface area contributed by atoms with Crippen LogP contribution < -0.4 is 4.72 Å². The van der Waals surface area contributed by atoms with Crippen LogP contribution in [0.5, 0.6) is 0 Å². The van der Waals surface area contributed by atoms with Crippen LogP contribution in [0.4, 0.5) is 0 Å². The van der Waals surface area contributed by atoms with E-state index in [1.807, 2.05) is 11.8 Å². The molecule has 3 aliphatic rings. The highest BCUT2D eigenvalue weighted by Gasteiger charge is 2.31. The molecule has 1 aliphatic carbocycles. The molecule has 1 N–H and O–H groups in total. The number of rotatable bonds is 6. The van der Waals surface area contributed by atoms with Crippen molar-refractivity contribution >= 4 is 15.9 Å². The summed E-state index contributed by atoms with van der Waals surface area (Å²) in [7, 11) is -3.57. The highest BCUT2D eigenvalue weighted by Crippen LogP contribution is 2.26. The van der Waals surface area contributed by atoms with E-state index in [0.29, 0.717) is 11.5 Å². The van der Waals surface area contributed by atoms with E-state index in [1.165, 1.54) is 0 Å². The molecule has 7 nitrogen and oxygen atoms in total. The van der Waals surface area contributed by atoms with Gasteiger partial charge in [-0.1, -0.05) is 6.07 Å². The van der Waals surface area contributed by atoms with Gasteiger partial charge in [0, 0.05) is 44.3 Å². The van der Waals surface area contributed by atoms with E-state index < -0.39 is 10.0 Å². The maximum absolute atomic E-state index is 13.2.